The summed E-state index contributed by atoms with van der Waals surface area (Å²) < 4.78 is 31.9. The molecule has 152 valence electrons. The first-order valence-electron chi connectivity index (χ1n) is 9.12. The van der Waals surface area contributed by atoms with Crippen molar-refractivity contribution >= 4 is 38.6 Å². The van der Waals surface area contributed by atoms with E-state index in [1.165, 1.54) is 0 Å². The van der Waals surface area contributed by atoms with E-state index in [9.17, 15) is 13.2 Å². The summed E-state index contributed by atoms with van der Waals surface area (Å²) in [5.41, 5.74) is 1.50. The van der Waals surface area contributed by atoms with Gasteiger partial charge in [0.1, 0.15) is 12.4 Å². The van der Waals surface area contributed by atoms with Gasteiger partial charge in [-0.3, -0.25) is 9.52 Å². The van der Waals surface area contributed by atoms with Crippen LogP contribution in [-0.2, 0) is 16.6 Å². The van der Waals surface area contributed by atoms with Crippen molar-refractivity contribution in [2.24, 2.45) is 0 Å². The molecule has 29 heavy (non-hydrogen) atoms. The van der Waals surface area contributed by atoms with E-state index in [4.69, 9.17) is 4.74 Å². The number of hydrogen-bond acceptors (Lipinski definition) is 5. The van der Waals surface area contributed by atoms with Gasteiger partial charge >= 0.3 is 0 Å². The molecule has 0 aliphatic carbocycles. The minimum Gasteiger partial charge on any atom is -0.488 e. The Balaban J connectivity index is 1.60. The maximum absolute atomic E-state index is 12.5. The van der Waals surface area contributed by atoms with Crippen molar-refractivity contribution in [2.45, 2.75) is 20.0 Å². The molecule has 0 aliphatic heterocycles. The number of thiophene rings is 1. The van der Waals surface area contributed by atoms with Crippen LogP contribution in [0.5, 0.6) is 5.75 Å². The molecule has 0 radical (unpaired) electrons. The summed E-state index contributed by atoms with van der Waals surface area (Å²) >= 11 is 1.61. The van der Waals surface area contributed by atoms with Crippen molar-refractivity contribution in [3.8, 4) is 5.75 Å². The molecule has 0 aliphatic rings. The lowest BCUT2D eigenvalue weighted by Gasteiger charge is -2.10. The van der Waals surface area contributed by atoms with Crippen LogP contribution >= 0.6 is 11.3 Å². The second kappa shape index (κ2) is 9.58. The SMILES string of the molecule is CCCS(=O)(=O)Nc1ccc(NC(=O)c2cccc(OCc3cccs3)c2)cc1. The van der Waals surface area contributed by atoms with Crippen LogP contribution in [-0.4, -0.2) is 20.1 Å². The first-order chi connectivity index (χ1) is 13.9. The molecule has 0 saturated carbocycles. The van der Waals surface area contributed by atoms with Crippen LogP contribution in [0.1, 0.15) is 28.6 Å². The number of carbonyl (C=O) groups is 1. The molecule has 3 aromatic rings. The van der Waals surface area contributed by atoms with Crippen molar-refractivity contribution in [1.29, 1.82) is 0 Å². The number of rotatable bonds is 9. The highest BCUT2D eigenvalue weighted by molar-refractivity contribution is 7.92. The first kappa shape index (κ1) is 20.9. The molecule has 8 heteroatoms. The van der Waals surface area contributed by atoms with E-state index in [0.29, 0.717) is 35.7 Å². The lowest BCUT2D eigenvalue weighted by atomic mass is 10.2. The van der Waals surface area contributed by atoms with E-state index < -0.39 is 10.0 Å². The van der Waals surface area contributed by atoms with Crippen molar-refractivity contribution < 1.29 is 17.9 Å². The number of amides is 1. The fraction of sp³-hybridized carbons (Fsp3) is 0.190. The molecule has 0 spiro atoms. The van der Waals surface area contributed by atoms with Gasteiger partial charge < -0.3 is 10.1 Å². The van der Waals surface area contributed by atoms with Gasteiger partial charge in [-0.1, -0.05) is 19.1 Å². The predicted molar refractivity (Wildman–Crippen MR) is 117 cm³/mol. The molecule has 0 saturated heterocycles. The molecule has 0 bridgehead atoms. The van der Waals surface area contributed by atoms with E-state index in [2.05, 4.69) is 10.0 Å². The molecule has 2 aromatic carbocycles. The summed E-state index contributed by atoms with van der Waals surface area (Å²) in [5.74, 6) is 0.411. The topological polar surface area (TPSA) is 84.5 Å². The normalized spacial score (nSPS) is 11.1. The summed E-state index contributed by atoms with van der Waals surface area (Å²) in [4.78, 5) is 13.6. The highest BCUT2D eigenvalue weighted by atomic mass is 32.2. The van der Waals surface area contributed by atoms with Gasteiger partial charge in [0, 0.05) is 21.8 Å². The second-order valence-electron chi connectivity index (χ2n) is 6.35. The highest BCUT2D eigenvalue weighted by Gasteiger charge is 2.10. The fourth-order valence-corrected chi connectivity index (χ4v) is 4.35. The Hall–Kier alpha value is -2.84. The molecule has 1 aromatic heterocycles. The van der Waals surface area contributed by atoms with Crippen molar-refractivity contribution in [2.75, 3.05) is 15.8 Å². The average molecular weight is 431 g/mol. The molecular weight excluding hydrogens is 408 g/mol. The van der Waals surface area contributed by atoms with E-state index in [0.717, 1.165) is 4.88 Å². The summed E-state index contributed by atoms with van der Waals surface area (Å²) in [6, 6.07) is 17.5. The zero-order valence-electron chi connectivity index (χ0n) is 15.9. The molecule has 2 N–H and O–H groups in total. The van der Waals surface area contributed by atoms with E-state index in [-0.39, 0.29) is 11.7 Å². The van der Waals surface area contributed by atoms with Gasteiger partial charge in [-0.2, -0.15) is 0 Å². The van der Waals surface area contributed by atoms with Gasteiger partial charge in [0.15, 0.2) is 0 Å². The number of sulfonamides is 1. The molecule has 0 unspecified atom stereocenters. The van der Waals surface area contributed by atoms with E-state index in [1.807, 2.05) is 23.6 Å². The first-order valence-corrected chi connectivity index (χ1v) is 11.7. The number of carbonyl (C=O) groups excluding carboxylic acids is 1. The summed E-state index contributed by atoms with van der Waals surface area (Å²) in [7, 11) is -3.34. The molecule has 6 nitrogen and oxygen atoms in total. The lowest BCUT2D eigenvalue weighted by molar-refractivity contribution is 0.102. The zero-order valence-corrected chi connectivity index (χ0v) is 17.6. The van der Waals surface area contributed by atoms with Crippen LogP contribution in [0, 0.1) is 0 Å². The van der Waals surface area contributed by atoms with Gasteiger partial charge in [0.2, 0.25) is 10.0 Å². The number of benzene rings is 2. The van der Waals surface area contributed by atoms with Gasteiger partial charge in [0.25, 0.3) is 5.91 Å². The lowest BCUT2D eigenvalue weighted by Crippen LogP contribution is -2.16. The van der Waals surface area contributed by atoms with Crippen LogP contribution in [0.25, 0.3) is 0 Å². The molecule has 3 rings (SSSR count). The van der Waals surface area contributed by atoms with Crippen LogP contribution < -0.4 is 14.8 Å². The average Bonchev–Trinajstić information content (AvgIpc) is 3.21. The fourth-order valence-electron chi connectivity index (χ4n) is 2.60. The number of hydrogen-bond donors (Lipinski definition) is 2. The molecular formula is C21H22N2O4S2. The van der Waals surface area contributed by atoms with Crippen molar-refractivity contribution in [1.82, 2.24) is 0 Å². The Kier molecular flexibility index (Phi) is 6.90. The summed E-state index contributed by atoms with van der Waals surface area (Å²) in [6.45, 7) is 2.26. The molecule has 0 fully saturated rings. The van der Waals surface area contributed by atoms with Crippen LogP contribution in [0.4, 0.5) is 11.4 Å². The van der Waals surface area contributed by atoms with Gasteiger partial charge in [-0.15, -0.1) is 11.3 Å². The maximum atomic E-state index is 12.5. The van der Waals surface area contributed by atoms with Gasteiger partial charge in [-0.25, -0.2) is 8.42 Å². The van der Waals surface area contributed by atoms with Crippen molar-refractivity contribution in [3.63, 3.8) is 0 Å². The number of nitrogens with one attached hydrogen (secondary N) is 2. The largest absolute Gasteiger partial charge is 0.488 e. The van der Waals surface area contributed by atoms with Crippen LogP contribution in [0.3, 0.4) is 0 Å². The highest BCUT2D eigenvalue weighted by Crippen LogP contribution is 2.19. The standard InChI is InChI=1S/C21H22N2O4S2/c1-2-13-29(25,26)23-18-10-8-17(9-11-18)22-21(24)16-5-3-6-19(14-16)27-15-20-7-4-12-28-20/h3-12,14,23H,2,13,15H2,1H3,(H,22,24). The third-order valence-electron chi connectivity index (χ3n) is 3.95. The van der Waals surface area contributed by atoms with Gasteiger partial charge in [-0.05, 0) is 60.3 Å². The van der Waals surface area contributed by atoms with Crippen LogP contribution in [0.15, 0.2) is 66.0 Å². The quantitative estimate of drug-likeness (QED) is 0.514. The van der Waals surface area contributed by atoms with Crippen molar-refractivity contribution in [3.05, 3.63) is 76.5 Å². The maximum Gasteiger partial charge on any atom is 0.255 e. The number of ether oxygens (including phenoxy) is 1. The molecule has 0 atom stereocenters. The zero-order chi connectivity index (χ0) is 20.7. The Labute approximate surface area is 174 Å². The Morgan fingerprint density at radius 3 is 2.48 bits per heavy atom. The minimum atomic E-state index is -3.34. The van der Waals surface area contributed by atoms with E-state index in [1.54, 1.807) is 60.7 Å². The third kappa shape index (κ3) is 6.33. The monoisotopic (exact) mass is 430 g/mol. The Morgan fingerprint density at radius 2 is 1.79 bits per heavy atom. The predicted octanol–water partition coefficient (Wildman–Crippen LogP) is 4.73. The molecule has 1 heterocycles. The summed E-state index contributed by atoms with van der Waals surface area (Å²) in [5, 5.41) is 4.79. The second-order valence-corrected chi connectivity index (χ2v) is 9.22. The Morgan fingerprint density at radius 1 is 1.03 bits per heavy atom. The smallest absolute Gasteiger partial charge is 0.255 e. The van der Waals surface area contributed by atoms with E-state index >= 15 is 0 Å². The summed E-state index contributed by atoms with van der Waals surface area (Å²) in [6.07, 6.45) is 0.541. The number of anilines is 2. The Bertz CT molecular complexity index is 1050. The third-order valence-corrected chi connectivity index (χ3v) is 6.29. The van der Waals surface area contributed by atoms with Gasteiger partial charge in [0.05, 0.1) is 5.75 Å². The minimum absolute atomic E-state index is 0.0659. The van der Waals surface area contributed by atoms with Crippen LogP contribution in [0.2, 0.25) is 0 Å². The molecule has 1 amide bonds.